The smallest absolute Gasteiger partial charge is 0.306 e. The van der Waals surface area contributed by atoms with Crippen LogP contribution in [0.5, 0.6) is 0 Å². The second-order valence-corrected chi connectivity index (χ2v) is 5.35. The number of rotatable bonds is 7. The molecule has 98 valence electrons. The summed E-state index contributed by atoms with van der Waals surface area (Å²) in [4.78, 5) is 22.6. The molecule has 0 aliphatic carbocycles. The number of carbonyl (C=O) groups excluding carboxylic acids is 2. The fourth-order valence-corrected chi connectivity index (χ4v) is 1.34. The summed E-state index contributed by atoms with van der Waals surface area (Å²) in [5.41, 5.74) is 0.199. The van der Waals surface area contributed by atoms with E-state index < -0.39 is 5.60 Å². The van der Waals surface area contributed by atoms with Gasteiger partial charge in [-0.3, -0.25) is 9.59 Å². The Morgan fingerprint density at radius 1 is 1.06 bits per heavy atom. The van der Waals surface area contributed by atoms with Crippen LogP contribution >= 0.6 is 0 Å². The highest BCUT2D eigenvalue weighted by Crippen LogP contribution is 2.11. The van der Waals surface area contributed by atoms with Crippen molar-refractivity contribution in [3.63, 3.8) is 0 Å². The number of hydrogen-bond donors (Lipinski definition) is 0. The van der Waals surface area contributed by atoms with Gasteiger partial charge in [-0.25, -0.2) is 0 Å². The lowest BCUT2D eigenvalue weighted by Gasteiger charge is -2.19. The molecule has 17 heavy (non-hydrogen) atoms. The van der Waals surface area contributed by atoms with Gasteiger partial charge in [0.15, 0.2) is 5.78 Å². The predicted molar refractivity (Wildman–Crippen MR) is 68.8 cm³/mol. The van der Waals surface area contributed by atoms with Crippen molar-refractivity contribution in [2.24, 2.45) is 0 Å². The standard InChI is InChI=1S/C14H24O3/c1-11(2)12(15)9-7-6-8-10-13(16)17-14(3,4)5/h1,6-10H2,2-5H3. The molecule has 0 aliphatic heterocycles. The molecule has 0 radical (unpaired) electrons. The fraction of sp³-hybridized carbons (Fsp3) is 0.714. The zero-order valence-electron chi connectivity index (χ0n) is 11.5. The van der Waals surface area contributed by atoms with Crippen LogP contribution in [0.2, 0.25) is 0 Å². The molecule has 0 spiro atoms. The van der Waals surface area contributed by atoms with E-state index in [0.717, 1.165) is 19.3 Å². The Morgan fingerprint density at radius 2 is 1.59 bits per heavy atom. The molecule has 0 aromatic rings. The van der Waals surface area contributed by atoms with Crippen LogP contribution in [0.1, 0.15) is 59.8 Å². The third-order valence-electron chi connectivity index (χ3n) is 2.18. The molecule has 0 rings (SSSR count). The van der Waals surface area contributed by atoms with Crippen molar-refractivity contribution in [2.75, 3.05) is 0 Å². The van der Waals surface area contributed by atoms with E-state index in [4.69, 9.17) is 4.74 Å². The third kappa shape index (κ3) is 9.79. The van der Waals surface area contributed by atoms with Crippen molar-refractivity contribution in [1.29, 1.82) is 0 Å². The average Bonchev–Trinajstić information content (AvgIpc) is 2.13. The van der Waals surface area contributed by atoms with Gasteiger partial charge in [-0.2, -0.15) is 0 Å². The lowest BCUT2D eigenvalue weighted by molar-refractivity contribution is -0.154. The maximum Gasteiger partial charge on any atom is 0.306 e. The summed E-state index contributed by atoms with van der Waals surface area (Å²) in [6.07, 6.45) is 3.42. The van der Waals surface area contributed by atoms with Crippen LogP contribution < -0.4 is 0 Å². The van der Waals surface area contributed by atoms with Gasteiger partial charge < -0.3 is 4.74 Å². The molecule has 0 unspecified atom stereocenters. The Bertz CT molecular complexity index is 284. The summed E-state index contributed by atoms with van der Waals surface area (Å²) in [6.45, 7) is 10.9. The third-order valence-corrected chi connectivity index (χ3v) is 2.18. The lowest BCUT2D eigenvalue weighted by Crippen LogP contribution is -2.23. The van der Waals surface area contributed by atoms with Gasteiger partial charge in [0, 0.05) is 12.8 Å². The Labute approximate surface area is 104 Å². The molecule has 0 heterocycles. The summed E-state index contributed by atoms with van der Waals surface area (Å²) < 4.78 is 5.18. The molecule has 0 saturated carbocycles. The van der Waals surface area contributed by atoms with Crippen molar-refractivity contribution in [3.05, 3.63) is 12.2 Å². The minimum atomic E-state index is -0.410. The summed E-state index contributed by atoms with van der Waals surface area (Å²) in [5.74, 6) is -0.0500. The van der Waals surface area contributed by atoms with E-state index in [2.05, 4.69) is 6.58 Å². The Morgan fingerprint density at radius 3 is 2.06 bits per heavy atom. The maximum absolute atomic E-state index is 11.4. The molecule has 0 aromatic heterocycles. The highest BCUT2D eigenvalue weighted by atomic mass is 16.6. The van der Waals surface area contributed by atoms with Crippen molar-refractivity contribution in [1.82, 2.24) is 0 Å². The highest BCUT2D eigenvalue weighted by Gasteiger charge is 2.15. The van der Waals surface area contributed by atoms with E-state index >= 15 is 0 Å². The van der Waals surface area contributed by atoms with Gasteiger partial charge in [0.2, 0.25) is 0 Å². The zero-order valence-corrected chi connectivity index (χ0v) is 11.5. The predicted octanol–water partition coefficient (Wildman–Crippen LogP) is 3.42. The first-order valence-corrected chi connectivity index (χ1v) is 6.13. The van der Waals surface area contributed by atoms with Crippen LogP contribution in [0.4, 0.5) is 0 Å². The van der Waals surface area contributed by atoms with E-state index in [9.17, 15) is 9.59 Å². The number of allylic oxidation sites excluding steroid dienone is 1. The Hall–Kier alpha value is -1.12. The number of esters is 1. The molecule has 0 aliphatic rings. The molecule has 0 saturated heterocycles. The molecular formula is C14H24O3. The number of unbranched alkanes of at least 4 members (excludes halogenated alkanes) is 2. The van der Waals surface area contributed by atoms with Crippen LogP contribution in [0.25, 0.3) is 0 Å². The Balaban J connectivity index is 3.56. The van der Waals surface area contributed by atoms with Gasteiger partial charge in [-0.15, -0.1) is 0 Å². The highest BCUT2D eigenvalue weighted by molar-refractivity contribution is 5.93. The molecule has 0 bridgehead atoms. The monoisotopic (exact) mass is 240 g/mol. The SMILES string of the molecule is C=C(C)C(=O)CCCCCC(=O)OC(C)(C)C. The van der Waals surface area contributed by atoms with Crippen LogP contribution in [-0.2, 0) is 14.3 Å². The van der Waals surface area contributed by atoms with E-state index in [0.29, 0.717) is 18.4 Å². The first-order valence-electron chi connectivity index (χ1n) is 6.13. The molecule has 0 amide bonds. The van der Waals surface area contributed by atoms with Gasteiger partial charge >= 0.3 is 5.97 Å². The second-order valence-electron chi connectivity index (χ2n) is 5.35. The summed E-state index contributed by atoms with van der Waals surface area (Å²) in [7, 11) is 0. The van der Waals surface area contributed by atoms with Gasteiger partial charge in [0.05, 0.1) is 0 Å². The van der Waals surface area contributed by atoms with E-state index in [-0.39, 0.29) is 11.8 Å². The number of Topliss-reactive ketones (excluding diaryl/α,β-unsaturated/α-hetero) is 1. The van der Waals surface area contributed by atoms with Gasteiger partial charge in [-0.05, 0) is 46.1 Å². The topological polar surface area (TPSA) is 43.4 Å². The molecule has 0 N–H and O–H groups in total. The largest absolute Gasteiger partial charge is 0.460 e. The minimum Gasteiger partial charge on any atom is -0.460 e. The average molecular weight is 240 g/mol. The number of ketones is 1. The first-order chi connectivity index (χ1) is 7.72. The molecular weight excluding hydrogens is 216 g/mol. The minimum absolute atomic E-state index is 0.113. The normalized spacial score (nSPS) is 11.1. The quantitative estimate of drug-likeness (QED) is 0.389. The first kappa shape index (κ1) is 15.9. The molecule has 0 fully saturated rings. The molecule has 0 aromatic carbocycles. The van der Waals surface area contributed by atoms with Crippen molar-refractivity contribution in [2.45, 2.75) is 65.4 Å². The number of ether oxygens (including phenoxy) is 1. The summed E-state index contributed by atoms with van der Waals surface area (Å²) >= 11 is 0. The second kappa shape index (κ2) is 7.25. The van der Waals surface area contributed by atoms with Gasteiger partial charge in [0.25, 0.3) is 0 Å². The van der Waals surface area contributed by atoms with E-state index in [1.807, 2.05) is 20.8 Å². The fourth-order valence-electron chi connectivity index (χ4n) is 1.34. The van der Waals surface area contributed by atoms with Crippen LogP contribution in [0.3, 0.4) is 0 Å². The van der Waals surface area contributed by atoms with Crippen LogP contribution in [0, 0.1) is 0 Å². The van der Waals surface area contributed by atoms with Crippen molar-refractivity contribution < 1.29 is 14.3 Å². The maximum atomic E-state index is 11.4. The Kier molecular flexibility index (Phi) is 6.78. The van der Waals surface area contributed by atoms with E-state index in [1.165, 1.54) is 0 Å². The van der Waals surface area contributed by atoms with Gasteiger partial charge in [-0.1, -0.05) is 13.0 Å². The number of hydrogen-bond acceptors (Lipinski definition) is 3. The lowest BCUT2D eigenvalue weighted by atomic mass is 10.1. The summed E-state index contributed by atoms with van der Waals surface area (Å²) in [5, 5.41) is 0. The van der Waals surface area contributed by atoms with Gasteiger partial charge in [0.1, 0.15) is 5.60 Å². The summed E-state index contributed by atoms with van der Waals surface area (Å²) in [6, 6.07) is 0. The van der Waals surface area contributed by atoms with Crippen molar-refractivity contribution >= 4 is 11.8 Å². The molecule has 3 nitrogen and oxygen atoms in total. The van der Waals surface area contributed by atoms with Crippen molar-refractivity contribution in [3.8, 4) is 0 Å². The zero-order chi connectivity index (χ0) is 13.5. The molecule has 0 atom stereocenters. The molecule has 3 heteroatoms. The van der Waals surface area contributed by atoms with Crippen LogP contribution in [0.15, 0.2) is 12.2 Å². The van der Waals surface area contributed by atoms with E-state index in [1.54, 1.807) is 6.92 Å². The van der Waals surface area contributed by atoms with Crippen LogP contribution in [-0.4, -0.2) is 17.4 Å². The number of carbonyl (C=O) groups is 2.